The molecule has 0 radical (unpaired) electrons. The van der Waals surface area contributed by atoms with Crippen molar-refractivity contribution in [1.82, 2.24) is 4.57 Å². The number of hydrogen-bond acceptors (Lipinski definition) is 6. The number of nitrogens with zero attached hydrogens (tertiary/aromatic N) is 2. The molecule has 1 aliphatic rings. The number of aryl methyl sites for hydroxylation is 1. The molecule has 0 amide bonds. The van der Waals surface area contributed by atoms with E-state index < -0.39 is 12.0 Å². The molecule has 0 bridgehead atoms. The van der Waals surface area contributed by atoms with Gasteiger partial charge >= 0.3 is 5.97 Å². The van der Waals surface area contributed by atoms with Gasteiger partial charge in [-0.25, -0.2) is 9.79 Å². The van der Waals surface area contributed by atoms with E-state index in [9.17, 15) is 9.59 Å². The summed E-state index contributed by atoms with van der Waals surface area (Å²) in [5, 5.41) is 1.97. The summed E-state index contributed by atoms with van der Waals surface area (Å²) in [6, 6.07) is 11.2. The first-order valence-corrected chi connectivity index (χ1v) is 11.0. The minimum Gasteiger partial charge on any atom is -0.463 e. The number of hydrogen-bond donors (Lipinski definition) is 0. The van der Waals surface area contributed by atoms with Crippen molar-refractivity contribution in [2.24, 2.45) is 4.99 Å². The van der Waals surface area contributed by atoms with Gasteiger partial charge in [0, 0.05) is 4.88 Å². The fourth-order valence-electron chi connectivity index (χ4n) is 3.36. The summed E-state index contributed by atoms with van der Waals surface area (Å²) in [5.74, 6) is -0.438. The Morgan fingerprint density at radius 2 is 2.00 bits per heavy atom. The highest BCUT2D eigenvalue weighted by atomic mass is 32.1. The molecule has 1 aliphatic heterocycles. The molecule has 1 atom stereocenters. The highest BCUT2D eigenvalue weighted by Crippen LogP contribution is 2.30. The number of thiophene rings is 1. The van der Waals surface area contributed by atoms with Gasteiger partial charge in [0.1, 0.15) is 0 Å². The van der Waals surface area contributed by atoms with Gasteiger partial charge in [-0.2, -0.15) is 0 Å². The van der Waals surface area contributed by atoms with E-state index in [1.165, 1.54) is 11.3 Å². The zero-order chi connectivity index (χ0) is 20.5. The lowest BCUT2D eigenvalue weighted by atomic mass is 9.95. The topological polar surface area (TPSA) is 60.7 Å². The van der Waals surface area contributed by atoms with Gasteiger partial charge in [-0.1, -0.05) is 47.2 Å². The Balaban J connectivity index is 1.97. The number of benzene rings is 1. The van der Waals surface area contributed by atoms with Crippen molar-refractivity contribution in [3.63, 3.8) is 0 Å². The third kappa shape index (κ3) is 3.63. The maximum atomic E-state index is 13.3. The maximum absolute atomic E-state index is 13.3. The molecule has 5 nitrogen and oxygen atoms in total. The monoisotopic (exact) mass is 424 g/mol. The molecule has 3 heterocycles. The molecule has 1 aromatic carbocycles. The van der Waals surface area contributed by atoms with E-state index in [1.54, 1.807) is 29.8 Å². The zero-order valence-electron chi connectivity index (χ0n) is 16.3. The molecule has 0 aliphatic carbocycles. The molecule has 7 heteroatoms. The number of rotatable bonds is 4. The number of aromatic nitrogens is 1. The second-order valence-corrected chi connectivity index (χ2v) is 8.72. The summed E-state index contributed by atoms with van der Waals surface area (Å²) in [6.07, 6.45) is 1.88. The van der Waals surface area contributed by atoms with Crippen molar-refractivity contribution in [3.8, 4) is 0 Å². The Labute approximate surface area is 175 Å². The van der Waals surface area contributed by atoms with Crippen molar-refractivity contribution < 1.29 is 9.53 Å². The van der Waals surface area contributed by atoms with Gasteiger partial charge < -0.3 is 4.74 Å². The fourth-order valence-corrected chi connectivity index (χ4v) is 5.13. The Morgan fingerprint density at radius 3 is 2.66 bits per heavy atom. The van der Waals surface area contributed by atoms with Crippen LogP contribution in [-0.4, -0.2) is 17.1 Å². The second kappa shape index (κ2) is 7.93. The molecule has 2 aromatic heterocycles. The van der Waals surface area contributed by atoms with Crippen molar-refractivity contribution in [2.45, 2.75) is 26.8 Å². The van der Waals surface area contributed by atoms with Gasteiger partial charge in [0.05, 0.1) is 28.5 Å². The van der Waals surface area contributed by atoms with Crippen molar-refractivity contribution in [1.29, 1.82) is 0 Å². The number of carbonyl (C=O) groups excluding carboxylic acids is 1. The van der Waals surface area contributed by atoms with Gasteiger partial charge in [0.25, 0.3) is 5.56 Å². The third-order valence-corrected chi connectivity index (χ3v) is 6.53. The largest absolute Gasteiger partial charge is 0.463 e. The number of allylic oxidation sites excluding steroid dienone is 1. The number of thiazole rings is 1. The third-order valence-electron chi connectivity index (χ3n) is 4.73. The van der Waals surface area contributed by atoms with Gasteiger partial charge in [0.2, 0.25) is 0 Å². The van der Waals surface area contributed by atoms with Gasteiger partial charge in [0.15, 0.2) is 4.80 Å². The Morgan fingerprint density at radius 1 is 1.24 bits per heavy atom. The number of ether oxygens (including phenoxy) is 1. The summed E-state index contributed by atoms with van der Waals surface area (Å²) in [4.78, 5) is 32.3. The molecule has 1 unspecified atom stereocenters. The average molecular weight is 425 g/mol. The quantitative estimate of drug-likeness (QED) is 0.605. The van der Waals surface area contributed by atoms with Crippen molar-refractivity contribution in [3.05, 3.63) is 88.7 Å². The van der Waals surface area contributed by atoms with Crippen LogP contribution in [0, 0.1) is 6.92 Å². The molecular formula is C22H20N2O3S2. The molecule has 4 rings (SSSR count). The smallest absolute Gasteiger partial charge is 0.338 e. The van der Waals surface area contributed by atoms with Gasteiger partial charge in [-0.15, -0.1) is 11.3 Å². The summed E-state index contributed by atoms with van der Waals surface area (Å²) < 4.78 is 7.52. The van der Waals surface area contributed by atoms with E-state index in [1.807, 2.05) is 54.8 Å². The van der Waals surface area contributed by atoms with Crippen LogP contribution in [0.3, 0.4) is 0 Å². The van der Waals surface area contributed by atoms with E-state index >= 15 is 0 Å². The van der Waals surface area contributed by atoms with Crippen molar-refractivity contribution in [2.75, 3.05) is 6.61 Å². The molecule has 0 N–H and O–H groups in total. The van der Waals surface area contributed by atoms with Crippen LogP contribution in [0.1, 0.15) is 35.9 Å². The predicted octanol–water partition coefficient (Wildman–Crippen LogP) is 3.17. The minimum absolute atomic E-state index is 0.151. The first-order valence-electron chi connectivity index (χ1n) is 9.29. The lowest BCUT2D eigenvalue weighted by molar-refractivity contribution is -0.139. The van der Waals surface area contributed by atoms with Crippen LogP contribution in [0.25, 0.3) is 6.08 Å². The van der Waals surface area contributed by atoms with Crippen LogP contribution in [-0.2, 0) is 9.53 Å². The van der Waals surface area contributed by atoms with Crippen LogP contribution in [0.4, 0.5) is 0 Å². The lowest BCUT2D eigenvalue weighted by Gasteiger charge is -2.24. The van der Waals surface area contributed by atoms with Crippen LogP contribution >= 0.6 is 22.7 Å². The zero-order valence-corrected chi connectivity index (χ0v) is 18.0. The van der Waals surface area contributed by atoms with E-state index in [0.717, 1.165) is 16.0 Å². The van der Waals surface area contributed by atoms with Crippen LogP contribution < -0.4 is 14.9 Å². The van der Waals surface area contributed by atoms with E-state index in [-0.39, 0.29) is 12.2 Å². The van der Waals surface area contributed by atoms with E-state index in [4.69, 9.17) is 4.74 Å². The van der Waals surface area contributed by atoms with Gasteiger partial charge in [-0.3, -0.25) is 9.36 Å². The molecule has 3 aromatic rings. The highest BCUT2D eigenvalue weighted by molar-refractivity contribution is 7.11. The Kier molecular flexibility index (Phi) is 5.34. The normalized spacial score (nSPS) is 16.5. The van der Waals surface area contributed by atoms with E-state index in [2.05, 4.69) is 4.99 Å². The summed E-state index contributed by atoms with van der Waals surface area (Å²) in [7, 11) is 0. The molecule has 0 saturated carbocycles. The maximum Gasteiger partial charge on any atom is 0.338 e. The van der Waals surface area contributed by atoms with E-state index in [0.29, 0.717) is 20.6 Å². The number of esters is 1. The standard InChI is InChI=1S/C22H20N2O3S2/c1-4-27-21(26)18-14(3)23-22-24(19(18)15-9-7-13(2)8-10-15)20(25)17(29-22)12-16-6-5-11-28-16/h5-12,19H,4H2,1-3H3/b17-12+. The summed E-state index contributed by atoms with van der Waals surface area (Å²) in [6.45, 7) is 5.83. The predicted molar refractivity (Wildman–Crippen MR) is 116 cm³/mol. The summed E-state index contributed by atoms with van der Waals surface area (Å²) >= 11 is 2.91. The molecule has 148 valence electrons. The van der Waals surface area contributed by atoms with Crippen molar-refractivity contribution >= 4 is 34.7 Å². The first-order chi connectivity index (χ1) is 14.0. The van der Waals surface area contributed by atoms with Crippen LogP contribution in [0.2, 0.25) is 0 Å². The van der Waals surface area contributed by atoms with Crippen LogP contribution in [0.15, 0.2) is 62.8 Å². The molecular weight excluding hydrogens is 404 g/mol. The lowest BCUT2D eigenvalue weighted by Crippen LogP contribution is -2.39. The average Bonchev–Trinajstić information content (AvgIpc) is 3.30. The molecule has 0 saturated heterocycles. The Hall–Kier alpha value is -2.77. The van der Waals surface area contributed by atoms with Gasteiger partial charge in [-0.05, 0) is 43.9 Å². The fraction of sp³-hybridized carbons (Fsp3) is 0.227. The SMILES string of the molecule is CCOC(=O)C1=C(C)N=c2s/c(=C/c3cccs3)c(=O)n2C1c1ccc(C)cc1. The molecule has 0 spiro atoms. The first kappa shape index (κ1) is 19.5. The molecule has 29 heavy (non-hydrogen) atoms. The second-order valence-electron chi connectivity index (χ2n) is 6.73. The van der Waals surface area contributed by atoms with Crippen LogP contribution in [0.5, 0.6) is 0 Å². The molecule has 0 fully saturated rings. The Bertz CT molecular complexity index is 1260. The number of carbonyl (C=O) groups is 1. The number of fused-ring (bicyclic) bond motifs is 1. The minimum atomic E-state index is -0.559. The highest BCUT2D eigenvalue weighted by Gasteiger charge is 2.33. The summed E-state index contributed by atoms with van der Waals surface area (Å²) in [5.41, 5.74) is 2.81.